The molecule has 0 atom stereocenters. The molecule has 3 rings (SSSR count). The second-order valence-corrected chi connectivity index (χ2v) is 6.50. The number of furan rings is 1. The van der Waals surface area contributed by atoms with Gasteiger partial charge in [0.1, 0.15) is 11.3 Å². The van der Waals surface area contributed by atoms with Crippen LogP contribution in [0.4, 0.5) is 0 Å². The summed E-state index contributed by atoms with van der Waals surface area (Å²) in [5.41, 5.74) is 3.64. The molecule has 0 bridgehead atoms. The van der Waals surface area contributed by atoms with E-state index in [9.17, 15) is 4.79 Å². The van der Waals surface area contributed by atoms with Crippen LogP contribution >= 0.6 is 11.8 Å². The maximum Gasteiger partial charge on any atom is 0.251 e. The molecule has 2 heterocycles. The summed E-state index contributed by atoms with van der Waals surface area (Å²) < 4.78 is 5.52. The van der Waals surface area contributed by atoms with Gasteiger partial charge in [0.2, 0.25) is 0 Å². The third-order valence-corrected chi connectivity index (χ3v) is 4.58. The predicted molar refractivity (Wildman–Crippen MR) is 92.8 cm³/mol. The summed E-state index contributed by atoms with van der Waals surface area (Å²) in [6.45, 7) is 4.55. The predicted octanol–water partition coefficient (Wildman–Crippen LogP) is 3.44. The number of nitrogens with zero attached hydrogens (tertiary/aromatic N) is 1. The maximum absolute atomic E-state index is 12.2. The molecule has 5 nitrogen and oxygen atoms in total. The van der Waals surface area contributed by atoms with Gasteiger partial charge in [-0.05, 0) is 38.1 Å². The van der Waals surface area contributed by atoms with Crippen LogP contribution in [0.15, 0.2) is 35.0 Å². The molecule has 1 amide bonds. The molecule has 0 spiro atoms. The number of fused-ring (bicyclic) bond motifs is 1. The molecule has 23 heavy (non-hydrogen) atoms. The summed E-state index contributed by atoms with van der Waals surface area (Å²) >= 11 is 1.76. The number of hydrogen-bond donors (Lipinski definition) is 2. The standard InChI is InChI=1S/C17H19N3O2S/c1-11-7-14-8-13(3-4-16(14)22-11)17(21)18-5-6-23-9-15-12(2)19-10-20-15/h3-4,7-8,10H,5-6,9H2,1-2H3,(H,18,21)(H,19,20). The van der Waals surface area contributed by atoms with E-state index in [-0.39, 0.29) is 5.91 Å². The van der Waals surface area contributed by atoms with Gasteiger partial charge in [0.15, 0.2) is 0 Å². The summed E-state index contributed by atoms with van der Waals surface area (Å²) in [5, 5.41) is 3.90. The van der Waals surface area contributed by atoms with Gasteiger partial charge in [-0.2, -0.15) is 11.8 Å². The van der Waals surface area contributed by atoms with E-state index >= 15 is 0 Å². The molecule has 0 saturated carbocycles. The average molecular weight is 329 g/mol. The smallest absolute Gasteiger partial charge is 0.251 e. The van der Waals surface area contributed by atoms with Crippen molar-refractivity contribution in [3.63, 3.8) is 0 Å². The van der Waals surface area contributed by atoms with Crippen LogP contribution in [0.5, 0.6) is 0 Å². The minimum Gasteiger partial charge on any atom is -0.461 e. The van der Waals surface area contributed by atoms with Gasteiger partial charge in [-0.1, -0.05) is 0 Å². The fraction of sp³-hybridized carbons (Fsp3) is 0.294. The monoisotopic (exact) mass is 329 g/mol. The van der Waals surface area contributed by atoms with E-state index in [4.69, 9.17) is 4.42 Å². The van der Waals surface area contributed by atoms with Crippen molar-refractivity contribution >= 4 is 28.6 Å². The Balaban J connectivity index is 1.47. The van der Waals surface area contributed by atoms with Crippen molar-refractivity contribution < 1.29 is 9.21 Å². The molecule has 0 saturated heterocycles. The molecule has 3 aromatic rings. The number of aromatic nitrogens is 2. The highest BCUT2D eigenvalue weighted by molar-refractivity contribution is 7.98. The number of aromatic amines is 1. The maximum atomic E-state index is 12.2. The lowest BCUT2D eigenvalue weighted by atomic mass is 10.1. The fourth-order valence-corrected chi connectivity index (χ4v) is 3.23. The van der Waals surface area contributed by atoms with Crippen molar-refractivity contribution in [2.24, 2.45) is 0 Å². The number of carbonyl (C=O) groups is 1. The SMILES string of the molecule is Cc1cc2cc(C(=O)NCCSCc3nc[nH]c3C)ccc2o1. The highest BCUT2D eigenvalue weighted by Gasteiger charge is 2.08. The van der Waals surface area contributed by atoms with Crippen molar-refractivity contribution in [1.29, 1.82) is 0 Å². The Morgan fingerprint density at radius 3 is 3.00 bits per heavy atom. The Bertz CT molecular complexity index is 822. The number of H-pyrrole nitrogens is 1. The van der Waals surface area contributed by atoms with Crippen molar-refractivity contribution in [3.05, 3.63) is 53.3 Å². The molecule has 2 N–H and O–H groups in total. The van der Waals surface area contributed by atoms with E-state index in [1.54, 1.807) is 24.2 Å². The number of thioether (sulfide) groups is 1. The first-order valence-electron chi connectivity index (χ1n) is 7.48. The van der Waals surface area contributed by atoms with E-state index in [1.807, 2.05) is 32.0 Å². The van der Waals surface area contributed by atoms with E-state index in [2.05, 4.69) is 15.3 Å². The fourth-order valence-electron chi connectivity index (χ4n) is 2.36. The second kappa shape index (κ2) is 6.91. The molecule has 0 aliphatic heterocycles. The first kappa shape index (κ1) is 15.7. The lowest BCUT2D eigenvalue weighted by molar-refractivity contribution is 0.0956. The van der Waals surface area contributed by atoms with Gasteiger partial charge in [0, 0.05) is 34.7 Å². The van der Waals surface area contributed by atoms with Crippen LogP contribution in [-0.4, -0.2) is 28.2 Å². The molecule has 0 aliphatic rings. The Labute approximate surface area is 138 Å². The molecule has 2 aromatic heterocycles. The number of hydrogen-bond acceptors (Lipinski definition) is 4. The van der Waals surface area contributed by atoms with Gasteiger partial charge in [-0.3, -0.25) is 4.79 Å². The van der Waals surface area contributed by atoms with Crippen LogP contribution in [0.3, 0.4) is 0 Å². The first-order valence-corrected chi connectivity index (χ1v) is 8.64. The average Bonchev–Trinajstić information content (AvgIpc) is 3.10. The summed E-state index contributed by atoms with van der Waals surface area (Å²) in [5.74, 6) is 2.50. The number of imidazole rings is 1. The number of aryl methyl sites for hydroxylation is 2. The normalized spacial score (nSPS) is 11.0. The zero-order valence-corrected chi connectivity index (χ0v) is 14.0. The minimum atomic E-state index is -0.0534. The van der Waals surface area contributed by atoms with Gasteiger partial charge in [0.25, 0.3) is 5.91 Å². The number of nitrogens with one attached hydrogen (secondary N) is 2. The van der Waals surface area contributed by atoms with E-state index in [0.717, 1.165) is 39.6 Å². The topological polar surface area (TPSA) is 70.9 Å². The minimum absolute atomic E-state index is 0.0534. The Morgan fingerprint density at radius 2 is 2.22 bits per heavy atom. The lowest BCUT2D eigenvalue weighted by Crippen LogP contribution is -2.25. The number of amides is 1. The van der Waals surface area contributed by atoms with Crippen LogP contribution in [0.2, 0.25) is 0 Å². The zero-order chi connectivity index (χ0) is 16.2. The van der Waals surface area contributed by atoms with Crippen molar-refractivity contribution in [3.8, 4) is 0 Å². The van der Waals surface area contributed by atoms with Gasteiger partial charge < -0.3 is 14.7 Å². The molecular formula is C17H19N3O2S. The van der Waals surface area contributed by atoms with Gasteiger partial charge in [-0.15, -0.1) is 0 Å². The molecule has 0 fully saturated rings. The van der Waals surface area contributed by atoms with Gasteiger partial charge in [-0.25, -0.2) is 4.98 Å². The Kier molecular flexibility index (Phi) is 4.71. The summed E-state index contributed by atoms with van der Waals surface area (Å²) in [6, 6.07) is 7.43. The molecule has 0 aliphatic carbocycles. The highest BCUT2D eigenvalue weighted by Crippen LogP contribution is 2.20. The Morgan fingerprint density at radius 1 is 1.35 bits per heavy atom. The molecular weight excluding hydrogens is 310 g/mol. The molecule has 0 unspecified atom stereocenters. The third-order valence-electron chi connectivity index (χ3n) is 3.61. The van der Waals surface area contributed by atoms with Crippen molar-refractivity contribution in [2.75, 3.05) is 12.3 Å². The van der Waals surface area contributed by atoms with Crippen molar-refractivity contribution in [1.82, 2.24) is 15.3 Å². The van der Waals surface area contributed by atoms with Crippen LogP contribution in [0.25, 0.3) is 11.0 Å². The van der Waals surface area contributed by atoms with Crippen LogP contribution in [0, 0.1) is 13.8 Å². The molecule has 0 radical (unpaired) electrons. The van der Waals surface area contributed by atoms with Gasteiger partial charge in [0.05, 0.1) is 12.0 Å². The Hall–Kier alpha value is -2.21. The zero-order valence-electron chi connectivity index (χ0n) is 13.2. The number of benzene rings is 1. The molecule has 6 heteroatoms. The highest BCUT2D eigenvalue weighted by atomic mass is 32.2. The van der Waals surface area contributed by atoms with Crippen LogP contribution in [0.1, 0.15) is 27.5 Å². The van der Waals surface area contributed by atoms with Crippen LogP contribution in [-0.2, 0) is 5.75 Å². The number of carbonyl (C=O) groups excluding carboxylic acids is 1. The lowest BCUT2D eigenvalue weighted by Gasteiger charge is -2.05. The summed E-state index contributed by atoms with van der Waals surface area (Å²) in [4.78, 5) is 19.5. The van der Waals surface area contributed by atoms with Crippen LogP contribution < -0.4 is 5.32 Å². The largest absolute Gasteiger partial charge is 0.461 e. The van der Waals surface area contributed by atoms with Crippen molar-refractivity contribution in [2.45, 2.75) is 19.6 Å². The van der Waals surface area contributed by atoms with E-state index < -0.39 is 0 Å². The second-order valence-electron chi connectivity index (χ2n) is 5.39. The third kappa shape index (κ3) is 3.76. The number of rotatable bonds is 6. The molecule has 1 aromatic carbocycles. The molecule has 120 valence electrons. The van der Waals surface area contributed by atoms with E-state index in [1.165, 1.54) is 0 Å². The summed E-state index contributed by atoms with van der Waals surface area (Å²) in [7, 11) is 0. The van der Waals surface area contributed by atoms with Gasteiger partial charge >= 0.3 is 0 Å². The quantitative estimate of drug-likeness (QED) is 0.680. The van der Waals surface area contributed by atoms with E-state index in [0.29, 0.717) is 12.1 Å². The summed E-state index contributed by atoms with van der Waals surface area (Å²) in [6.07, 6.45) is 1.71. The first-order chi connectivity index (χ1) is 11.1.